The lowest BCUT2D eigenvalue weighted by Gasteiger charge is -2.03. The van der Waals surface area contributed by atoms with Crippen LogP contribution >= 0.6 is 11.6 Å². The Labute approximate surface area is 149 Å². The fraction of sp³-hybridized carbons (Fsp3) is 0.158. The summed E-state index contributed by atoms with van der Waals surface area (Å²) in [6, 6.07) is 11.7. The SMILES string of the molecule is COC(=O)CCc1c(C(=O)c2ccc(Cl)cc2)oc2cc(N)ccc12. The highest BCUT2D eigenvalue weighted by molar-refractivity contribution is 6.30. The van der Waals surface area contributed by atoms with E-state index in [1.165, 1.54) is 7.11 Å². The van der Waals surface area contributed by atoms with Crippen LogP contribution in [-0.2, 0) is 16.0 Å². The molecule has 0 aliphatic carbocycles. The number of carbonyl (C=O) groups is 2. The number of carbonyl (C=O) groups excluding carboxylic acids is 2. The van der Waals surface area contributed by atoms with Gasteiger partial charge in [0, 0.05) is 39.7 Å². The number of hydrogen-bond donors (Lipinski definition) is 1. The molecule has 0 bridgehead atoms. The number of aryl methyl sites for hydroxylation is 1. The third kappa shape index (κ3) is 3.51. The molecule has 6 heteroatoms. The topological polar surface area (TPSA) is 82.5 Å². The Morgan fingerprint density at radius 2 is 1.88 bits per heavy atom. The summed E-state index contributed by atoms with van der Waals surface area (Å²) in [6.45, 7) is 0. The molecule has 25 heavy (non-hydrogen) atoms. The number of nitrogens with two attached hydrogens (primary N) is 1. The summed E-state index contributed by atoms with van der Waals surface area (Å²) in [6.07, 6.45) is 0.481. The van der Waals surface area contributed by atoms with Crippen molar-refractivity contribution in [1.29, 1.82) is 0 Å². The molecule has 1 aromatic heterocycles. The molecule has 0 aliphatic rings. The van der Waals surface area contributed by atoms with Gasteiger partial charge < -0.3 is 14.9 Å². The molecule has 0 fully saturated rings. The van der Waals surface area contributed by atoms with E-state index < -0.39 is 0 Å². The van der Waals surface area contributed by atoms with E-state index in [2.05, 4.69) is 4.74 Å². The normalized spacial score (nSPS) is 10.8. The van der Waals surface area contributed by atoms with E-state index in [1.54, 1.807) is 42.5 Å². The summed E-state index contributed by atoms with van der Waals surface area (Å²) >= 11 is 5.88. The standard InChI is InChI=1S/C19H16ClNO4/c1-24-17(22)9-8-15-14-7-6-13(21)10-16(14)25-19(15)18(23)11-2-4-12(20)5-3-11/h2-7,10H,8-9,21H2,1H3. The van der Waals surface area contributed by atoms with Gasteiger partial charge in [0.15, 0.2) is 5.76 Å². The number of ketones is 1. The van der Waals surface area contributed by atoms with Gasteiger partial charge in [0.05, 0.1) is 7.11 Å². The van der Waals surface area contributed by atoms with Crippen LogP contribution in [0.2, 0.25) is 5.02 Å². The number of esters is 1. The second-order valence-corrected chi connectivity index (χ2v) is 6.01. The van der Waals surface area contributed by atoms with Gasteiger partial charge in [-0.2, -0.15) is 0 Å². The molecule has 128 valence electrons. The molecule has 0 amide bonds. The summed E-state index contributed by atoms with van der Waals surface area (Å²) in [4.78, 5) is 24.4. The van der Waals surface area contributed by atoms with Gasteiger partial charge in [0.2, 0.25) is 5.78 Å². The molecular weight excluding hydrogens is 342 g/mol. The molecule has 5 nitrogen and oxygen atoms in total. The van der Waals surface area contributed by atoms with Crippen LogP contribution in [0.15, 0.2) is 46.9 Å². The predicted molar refractivity (Wildman–Crippen MR) is 95.8 cm³/mol. The summed E-state index contributed by atoms with van der Waals surface area (Å²) in [5.41, 5.74) is 7.96. The molecule has 0 radical (unpaired) electrons. The van der Waals surface area contributed by atoms with E-state index in [1.807, 2.05) is 0 Å². The van der Waals surface area contributed by atoms with E-state index >= 15 is 0 Å². The Hall–Kier alpha value is -2.79. The molecule has 0 saturated carbocycles. The lowest BCUT2D eigenvalue weighted by molar-refractivity contribution is -0.140. The molecule has 2 aromatic carbocycles. The highest BCUT2D eigenvalue weighted by Crippen LogP contribution is 2.30. The number of furan rings is 1. The monoisotopic (exact) mass is 357 g/mol. The zero-order valence-corrected chi connectivity index (χ0v) is 14.3. The minimum atomic E-state index is -0.352. The molecule has 3 rings (SSSR count). The molecule has 0 atom stereocenters. The number of nitrogen functional groups attached to an aromatic ring is 1. The highest BCUT2D eigenvalue weighted by atomic mass is 35.5. The zero-order valence-electron chi connectivity index (χ0n) is 13.5. The maximum absolute atomic E-state index is 12.9. The summed E-state index contributed by atoms with van der Waals surface area (Å²) in [7, 11) is 1.33. The van der Waals surface area contributed by atoms with Crippen LogP contribution in [0.5, 0.6) is 0 Å². The van der Waals surface area contributed by atoms with Crippen molar-refractivity contribution in [3.05, 3.63) is 64.4 Å². The van der Waals surface area contributed by atoms with Crippen LogP contribution in [0.3, 0.4) is 0 Å². The minimum absolute atomic E-state index is 0.149. The lowest BCUT2D eigenvalue weighted by atomic mass is 10.0. The molecular formula is C19H16ClNO4. The van der Waals surface area contributed by atoms with Crippen molar-refractivity contribution in [1.82, 2.24) is 0 Å². The first-order valence-corrected chi connectivity index (χ1v) is 8.05. The van der Waals surface area contributed by atoms with Crippen molar-refractivity contribution in [2.75, 3.05) is 12.8 Å². The number of ether oxygens (including phenoxy) is 1. The van der Waals surface area contributed by atoms with Crippen molar-refractivity contribution >= 4 is 40.0 Å². The van der Waals surface area contributed by atoms with Gasteiger partial charge in [-0.1, -0.05) is 11.6 Å². The van der Waals surface area contributed by atoms with Crippen molar-refractivity contribution in [3.63, 3.8) is 0 Å². The average molecular weight is 358 g/mol. The quantitative estimate of drug-likeness (QED) is 0.424. The largest absolute Gasteiger partial charge is 0.469 e. The fourth-order valence-electron chi connectivity index (χ4n) is 2.66. The smallest absolute Gasteiger partial charge is 0.305 e. The third-order valence-corrected chi connectivity index (χ3v) is 4.19. The second-order valence-electron chi connectivity index (χ2n) is 5.58. The van der Waals surface area contributed by atoms with Gasteiger partial charge in [-0.25, -0.2) is 0 Å². The van der Waals surface area contributed by atoms with Crippen molar-refractivity contribution in [2.45, 2.75) is 12.8 Å². The van der Waals surface area contributed by atoms with Gasteiger partial charge >= 0.3 is 5.97 Å². The molecule has 0 spiro atoms. The number of methoxy groups -OCH3 is 1. The zero-order chi connectivity index (χ0) is 18.0. The Balaban J connectivity index is 2.07. The highest BCUT2D eigenvalue weighted by Gasteiger charge is 2.22. The molecule has 0 saturated heterocycles. The number of rotatable bonds is 5. The summed E-state index contributed by atoms with van der Waals surface area (Å²) in [5.74, 6) is -0.423. The van der Waals surface area contributed by atoms with Gasteiger partial charge in [-0.3, -0.25) is 9.59 Å². The fourth-order valence-corrected chi connectivity index (χ4v) is 2.79. The Morgan fingerprint density at radius 1 is 1.16 bits per heavy atom. The van der Waals surface area contributed by atoms with E-state index in [9.17, 15) is 9.59 Å². The van der Waals surface area contributed by atoms with Crippen molar-refractivity contribution in [3.8, 4) is 0 Å². The number of fused-ring (bicyclic) bond motifs is 1. The summed E-state index contributed by atoms with van der Waals surface area (Å²) < 4.78 is 10.5. The van der Waals surface area contributed by atoms with E-state index in [-0.39, 0.29) is 23.9 Å². The molecule has 1 heterocycles. The average Bonchev–Trinajstić information content (AvgIpc) is 2.97. The number of anilines is 1. The summed E-state index contributed by atoms with van der Waals surface area (Å²) in [5, 5.41) is 1.30. The van der Waals surface area contributed by atoms with Crippen LogP contribution in [0, 0.1) is 0 Å². The second kappa shape index (κ2) is 6.99. The molecule has 2 N–H and O–H groups in total. The third-order valence-electron chi connectivity index (χ3n) is 3.94. The Bertz CT molecular complexity index is 944. The first-order valence-electron chi connectivity index (χ1n) is 7.67. The van der Waals surface area contributed by atoms with Gasteiger partial charge in [-0.15, -0.1) is 0 Å². The molecule has 0 aliphatic heterocycles. The lowest BCUT2D eigenvalue weighted by Crippen LogP contribution is -2.06. The van der Waals surface area contributed by atoms with Crippen LogP contribution in [-0.4, -0.2) is 18.9 Å². The maximum Gasteiger partial charge on any atom is 0.305 e. The first-order chi connectivity index (χ1) is 12.0. The Kier molecular flexibility index (Phi) is 4.76. The number of benzene rings is 2. The number of hydrogen-bond acceptors (Lipinski definition) is 5. The van der Waals surface area contributed by atoms with Crippen LogP contribution in [0.4, 0.5) is 5.69 Å². The van der Waals surface area contributed by atoms with Crippen LogP contribution in [0.25, 0.3) is 11.0 Å². The van der Waals surface area contributed by atoms with Crippen LogP contribution in [0.1, 0.15) is 28.1 Å². The maximum atomic E-state index is 12.9. The predicted octanol–water partition coefficient (Wildman–Crippen LogP) is 4.01. The van der Waals surface area contributed by atoms with Crippen molar-refractivity contribution < 1.29 is 18.7 Å². The first kappa shape index (κ1) is 17.0. The number of halogens is 1. The van der Waals surface area contributed by atoms with E-state index in [4.69, 9.17) is 21.8 Å². The van der Waals surface area contributed by atoms with Gasteiger partial charge in [0.25, 0.3) is 0 Å². The van der Waals surface area contributed by atoms with E-state index in [0.717, 1.165) is 5.39 Å². The van der Waals surface area contributed by atoms with E-state index in [0.29, 0.717) is 33.8 Å². The van der Waals surface area contributed by atoms with Crippen molar-refractivity contribution in [2.24, 2.45) is 0 Å². The van der Waals surface area contributed by atoms with Gasteiger partial charge in [0.1, 0.15) is 5.58 Å². The van der Waals surface area contributed by atoms with Crippen LogP contribution < -0.4 is 5.73 Å². The molecule has 0 unspecified atom stereocenters. The Morgan fingerprint density at radius 3 is 2.56 bits per heavy atom. The minimum Gasteiger partial charge on any atom is -0.469 e. The van der Waals surface area contributed by atoms with Gasteiger partial charge in [-0.05, 0) is 42.8 Å². The molecule has 3 aromatic rings.